The summed E-state index contributed by atoms with van der Waals surface area (Å²) >= 11 is 0. The quantitative estimate of drug-likeness (QED) is 0.654. The van der Waals surface area contributed by atoms with E-state index in [1.165, 1.54) is 5.56 Å². The minimum Gasteiger partial charge on any atom is -0.353 e. The van der Waals surface area contributed by atoms with Crippen LogP contribution in [0, 0.1) is 6.92 Å². The fourth-order valence-corrected chi connectivity index (χ4v) is 3.68. The fraction of sp³-hybridized carbons (Fsp3) is 0.333. The number of aryl methyl sites for hydroxylation is 1. The molecule has 8 heteroatoms. The van der Waals surface area contributed by atoms with Gasteiger partial charge in [0.2, 0.25) is 11.8 Å². The molecule has 1 fully saturated rings. The molecule has 3 aromatic rings. The van der Waals surface area contributed by atoms with E-state index >= 15 is 0 Å². The molecule has 8 nitrogen and oxygen atoms in total. The van der Waals surface area contributed by atoms with E-state index in [0.717, 1.165) is 23.4 Å². The number of benzene rings is 1. The summed E-state index contributed by atoms with van der Waals surface area (Å²) in [4.78, 5) is 35.4. The number of carbonyl (C=O) groups is 2. The average Bonchev–Trinajstić information content (AvgIpc) is 3.12. The van der Waals surface area contributed by atoms with Gasteiger partial charge in [0.25, 0.3) is 0 Å². The molecule has 0 saturated carbocycles. The van der Waals surface area contributed by atoms with Crippen molar-refractivity contribution in [1.29, 1.82) is 0 Å². The highest BCUT2D eigenvalue weighted by Gasteiger charge is 2.31. The first-order valence-corrected chi connectivity index (χ1v) is 9.70. The molecule has 0 radical (unpaired) electrons. The maximum Gasteiger partial charge on any atom is 0.237 e. The Balaban J connectivity index is 1.39. The number of carbonyl (C=O) groups excluding carboxylic acids is 2. The zero-order chi connectivity index (χ0) is 20.2. The van der Waals surface area contributed by atoms with Gasteiger partial charge in [-0.25, -0.2) is 4.98 Å². The molecule has 1 atom stereocenters. The first-order chi connectivity index (χ1) is 14.1. The lowest BCUT2D eigenvalue weighted by atomic mass is 10.1. The molecule has 1 aromatic carbocycles. The van der Waals surface area contributed by atoms with E-state index in [-0.39, 0.29) is 18.2 Å². The van der Waals surface area contributed by atoms with Gasteiger partial charge in [0.15, 0.2) is 5.65 Å². The third-order valence-electron chi connectivity index (χ3n) is 5.15. The number of hydrogen-bond donors (Lipinski definition) is 2. The first-order valence-electron chi connectivity index (χ1n) is 9.70. The van der Waals surface area contributed by atoms with Gasteiger partial charge in [0.05, 0.1) is 37.1 Å². The Hall–Kier alpha value is -3.26. The average molecular weight is 392 g/mol. The van der Waals surface area contributed by atoms with Crippen LogP contribution in [0.15, 0.2) is 49.1 Å². The number of fused-ring (bicyclic) bond motifs is 1. The third-order valence-corrected chi connectivity index (χ3v) is 5.15. The second kappa shape index (κ2) is 8.40. The molecule has 29 heavy (non-hydrogen) atoms. The number of piperazine rings is 1. The topological polar surface area (TPSA) is 91.6 Å². The van der Waals surface area contributed by atoms with Gasteiger partial charge in [-0.3, -0.25) is 23.9 Å². The summed E-state index contributed by atoms with van der Waals surface area (Å²) in [5.41, 5.74) is 3.92. The van der Waals surface area contributed by atoms with Crippen LogP contribution in [0.4, 0.5) is 0 Å². The predicted octanol–water partition coefficient (Wildman–Crippen LogP) is 1.04. The number of nitrogens with zero attached hydrogens (tertiary/aromatic N) is 4. The molecule has 1 unspecified atom stereocenters. The summed E-state index contributed by atoms with van der Waals surface area (Å²) in [5.74, 6) is -0.259. The van der Waals surface area contributed by atoms with Gasteiger partial charge in [-0.15, -0.1) is 0 Å². The van der Waals surface area contributed by atoms with Crippen molar-refractivity contribution in [3.8, 4) is 0 Å². The lowest BCUT2D eigenvalue weighted by molar-refractivity contribution is -0.134. The van der Waals surface area contributed by atoms with Gasteiger partial charge < -0.3 is 10.6 Å². The fourth-order valence-electron chi connectivity index (χ4n) is 3.68. The lowest BCUT2D eigenvalue weighted by Crippen LogP contribution is -2.56. The van der Waals surface area contributed by atoms with Gasteiger partial charge in [0, 0.05) is 32.0 Å². The molecule has 0 spiro atoms. The lowest BCUT2D eigenvalue weighted by Gasteiger charge is -2.34. The molecule has 2 N–H and O–H groups in total. The Labute approximate surface area is 169 Å². The second-order valence-corrected chi connectivity index (χ2v) is 7.30. The van der Waals surface area contributed by atoms with Crippen LogP contribution in [0.2, 0.25) is 0 Å². The monoisotopic (exact) mass is 392 g/mol. The molecule has 1 aliphatic rings. The zero-order valence-corrected chi connectivity index (χ0v) is 16.3. The maximum atomic E-state index is 12.6. The number of hydrogen-bond acceptors (Lipinski definition) is 5. The van der Waals surface area contributed by atoms with E-state index < -0.39 is 6.04 Å². The molecular formula is C21H24N6O2. The van der Waals surface area contributed by atoms with Crippen LogP contribution >= 0.6 is 0 Å². The van der Waals surface area contributed by atoms with E-state index in [1.807, 2.05) is 29.7 Å². The van der Waals surface area contributed by atoms with Gasteiger partial charge >= 0.3 is 0 Å². The molecule has 150 valence electrons. The molecule has 0 bridgehead atoms. The van der Waals surface area contributed by atoms with Gasteiger partial charge in [-0.05, 0) is 12.5 Å². The van der Waals surface area contributed by atoms with Crippen LogP contribution in [0.1, 0.15) is 23.2 Å². The number of imidazole rings is 1. The minimum atomic E-state index is -0.476. The first kappa shape index (κ1) is 19.1. The highest BCUT2D eigenvalue weighted by molar-refractivity contribution is 5.88. The van der Waals surface area contributed by atoms with E-state index in [0.29, 0.717) is 19.6 Å². The minimum absolute atomic E-state index is 0.0973. The number of nitrogens with one attached hydrogen (secondary N) is 2. The normalized spacial score (nSPS) is 17.3. The molecule has 1 saturated heterocycles. The van der Waals surface area contributed by atoms with Crippen molar-refractivity contribution in [2.45, 2.75) is 32.5 Å². The van der Waals surface area contributed by atoms with Crippen molar-refractivity contribution >= 4 is 17.5 Å². The molecular weight excluding hydrogens is 368 g/mol. The summed E-state index contributed by atoms with van der Waals surface area (Å²) in [6, 6.07) is 7.75. The third kappa shape index (κ3) is 4.43. The zero-order valence-electron chi connectivity index (χ0n) is 16.3. The molecule has 0 aliphatic carbocycles. The van der Waals surface area contributed by atoms with Crippen molar-refractivity contribution < 1.29 is 9.59 Å². The summed E-state index contributed by atoms with van der Waals surface area (Å²) in [6.45, 7) is 4.35. The van der Waals surface area contributed by atoms with E-state index in [2.05, 4.69) is 37.6 Å². The Morgan fingerprint density at radius 3 is 3.10 bits per heavy atom. The van der Waals surface area contributed by atoms with E-state index in [4.69, 9.17) is 0 Å². The Bertz CT molecular complexity index is 1030. The second-order valence-electron chi connectivity index (χ2n) is 7.30. The van der Waals surface area contributed by atoms with Crippen molar-refractivity contribution in [3.63, 3.8) is 0 Å². The largest absolute Gasteiger partial charge is 0.353 e. The van der Waals surface area contributed by atoms with Gasteiger partial charge in [0.1, 0.15) is 0 Å². The van der Waals surface area contributed by atoms with Gasteiger partial charge in [-0.1, -0.05) is 29.8 Å². The molecule has 2 amide bonds. The molecule has 1 aliphatic heterocycles. The molecule has 3 heterocycles. The van der Waals surface area contributed by atoms with Crippen molar-refractivity contribution in [1.82, 2.24) is 29.9 Å². The van der Waals surface area contributed by atoms with Crippen molar-refractivity contribution in [2.24, 2.45) is 0 Å². The van der Waals surface area contributed by atoms with Crippen LogP contribution in [-0.2, 0) is 22.7 Å². The highest BCUT2D eigenvalue weighted by Crippen LogP contribution is 2.15. The summed E-state index contributed by atoms with van der Waals surface area (Å²) in [5, 5.41) is 5.79. The van der Waals surface area contributed by atoms with Crippen LogP contribution in [0.5, 0.6) is 0 Å². The molecule has 2 aromatic heterocycles. The standard InChI is InChI=1S/C21H24N6O2/c1-15-3-2-4-16(9-15)14-26-7-6-23-21(29)18(26)10-20(28)25-12-17-11-24-19-13-22-5-8-27(17)19/h2-5,8-9,11,13,18H,6-7,10,12,14H2,1H3,(H,23,29)(H,25,28). The Kier molecular flexibility index (Phi) is 5.53. The summed E-state index contributed by atoms with van der Waals surface area (Å²) in [6.07, 6.45) is 6.99. The van der Waals surface area contributed by atoms with Crippen LogP contribution < -0.4 is 10.6 Å². The SMILES string of the molecule is Cc1cccc(CN2CCNC(=O)C2CC(=O)NCc2cnc3cnccn23)c1. The smallest absolute Gasteiger partial charge is 0.237 e. The maximum absolute atomic E-state index is 12.6. The van der Waals surface area contributed by atoms with Gasteiger partial charge in [-0.2, -0.15) is 0 Å². The van der Waals surface area contributed by atoms with E-state index in [1.54, 1.807) is 18.6 Å². The van der Waals surface area contributed by atoms with E-state index in [9.17, 15) is 9.59 Å². The Morgan fingerprint density at radius 1 is 1.34 bits per heavy atom. The Morgan fingerprint density at radius 2 is 2.24 bits per heavy atom. The predicted molar refractivity (Wildman–Crippen MR) is 108 cm³/mol. The number of amides is 2. The number of rotatable bonds is 6. The van der Waals surface area contributed by atoms with Crippen LogP contribution in [0.25, 0.3) is 5.65 Å². The van der Waals surface area contributed by atoms with Crippen molar-refractivity contribution in [3.05, 3.63) is 65.9 Å². The van der Waals surface area contributed by atoms with Crippen LogP contribution in [-0.4, -0.2) is 50.2 Å². The summed E-state index contributed by atoms with van der Waals surface area (Å²) in [7, 11) is 0. The highest BCUT2D eigenvalue weighted by atomic mass is 16.2. The number of aromatic nitrogens is 3. The van der Waals surface area contributed by atoms with Crippen LogP contribution in [0.3, 0.4) is 0 Å². The molecule has 4 rings (SSSR count). The summed E-state index contributed by atoms with van der Waals surface area (Å²) < 4.78 is 1.88. The van der Waals surface area contributed by atoms with Crippen molar-refractivity contribution in [2.75, 3.05) is 13.1 Å².